The van der Waals surface area contributed by atoms with Gasteiger partial charge in [0.15, 0.2) is 11.5 Å². The highest BCUT2D eigenvalue weighted by atomic mass is 35.5. The minimum Gasteiger partial charge on any atom is -0.493 e. The summed E-state index contributed by atoms with van der Waals surface area (Å²) in [6.07, 6.45) is 0.628. The van der Waals surface area contributed by atoms with Crippen molar-refractivity contribution < 1.29 is 23.7 Å². The monoisotopic (exact) mass is 357 g/mol. The molecule has 1 amide bonds. The number of carbonyl (C=O) groups excluding carboxylic acids is 1. The number of methoxy groups -OCH3 is 2. The molecule has 2 rings (SSSR count). The van der Waals surface area contributed by atoms with Gasteiger partial charge in [-0.1, -0.05) is 11.6 Å². The van der Waals surface area contributed by atoms with Gasteiger partial charge < -0.3 is 24.3 Å². The average Bonchev–Trinajstić information content (AvgIpc) is 2.55. The minimum atomic E-state index is -0.299. The van der Waals surface area contributed by atoms with Crippen LogP contribution < -0.4 is 14.8 Å². The van der Waals surface area contributed by atoms with E-state index < -0.39 is 0 Å². The lowest BCUT2D eigenvalue weighted by molar-refractivity contribution is -0.0349. The molecule has 0 bridgehead atoms. The number of rotatable bonds is 6. The van der Waals surface area contributed by atoms with Crippen LogP contribution in [0.5, 0.6) is 11.5 Å². The molecule has 24 heavy (non-hydrogen) atoms. The van der Waals surface area contributed by atoms with Crippen molar-refractivity contribution in [2.45, 2.75) is 38.5 Å². The molecule has 0 spiro atoms. The first kappa shape index (κ1) is 18.8. The predicted octanol–water partition coefficient (Wildman–Crippen LogP) is 2.67. The fourth-order valence-corrected chi connectivity index (χ4v) is 2.84. The van der Waals surface area contributed by atoms with Gasteiger partial charge in [-0.25, -0.2) is 0 Å². The van der Waals surface area contributed by atoms with Gasteiger partial charge >= 0.3 is 0 Å². The maximum Gasteiger partial charge on any atom is 0.253 e. The first-order chi connectivity index (χ1) is 11.5. The van der Waals surface area contributed by atoms with Crippen molar-refractivity contribution in [3.8, 4) is 11.5 Å². The second kappa shape index (κ2) is 8.55. The lowest BCUT2D eigenvalue weighted by Gasteiger charge is -2.31. The quantitative estimate of drug-likeness (QED) is 0.847. The van der Waals surface area contributed by atoms with E-state index in [0.717, 1.165) is 6.42 Å². The van der Waals surface area contributed by atoms with E-state index in [1.165, 1.54) is 7.11 Å². The number of amides is 1. The van der Waals surface area contributed by atoms with E-state index in [4.69, 9.17) is 30.5 Å². The second-order valence-corrected chi connectivity index (χ2v) is 6.27. The van der Waals surface area contributed by atoms with Crippen molar-refractivity contribution in [2.24, 2.45) is 0 Å². The second-order valence-electron chi connectivity index (χ2n) is 5.87. The van der Waals surface area contributed by atoms with Crippen LogP contribution in [0.1, 0.15) is 30.6 Å². The van der Waals surface area contributed by atoms with Crippen LogP contribution in [0.3, 0.4) is 0 Å². The Hall–Kier alpha value is -1.50. The average molecular weight is 358 g/mol. The van der Waals surface area contributed by atoms with Gasteiger partial charge in [0.25, 0.3) is 5.91 Å². The van der Waals surface area contributed by atoms with Gasteiger partial charge in [-0.05, 0) is 26.3 Å². The summed E-state index contributed by atoms with van der Waals surface area (Å²) in [6, 6.07) is 2.96. The molecule has 1 aromatic rings. The maximum absolute atomic E-state index is 12.6. The van der Waals surface area contributed by atoms with Gasteiger partial charge in [0.2, 0.25) is 0 Å². The normalized spacial score (nSPS) is 20.8. The van der Waals surface area contributed by atoms with Crippen LogP contribution in [-0.2, 0) is 9.47 Å². The molecule has 0 radical (unpaired) electrons. The lowest BCUT2D eigenvalue weighted by Crippen LogP contribution is -2.50. The Kier molecular flexibility index (Phi) is 6.71. The molecule has 0 aliphatic carbocycles. The zero-order valence-corrected chi connectivity index (χ0v) is 15.2. The van der Waals surface area contributed by atoms with E-state index >= 15 is 0 Å². The first-order valence-electron chi connectivity index (χ1n) is 7.91. The smallest absolute Gasteiger partial charge is 0.253 e. The molecule has 2 atom stereocenters. The predicted molar refractivity (Wildman–Crippen MR) is 91.3 cm³/mol. The number of carbonyl (C=O) groups is 1. The Morgan fingerprint density at radius 1 is 1.33 bits per heavy atom. The maximum atomic E-state index is 12.6. The van der Waals surface area contributed by atoms with E-state index in [1.807, 2.05) is 13.8 Å². The molecule has 134 valence electrons. The lowest BCUT2D eigenvalue weighted by atomic mass is 10.1. The van der Waals surface area contributed by atoms with E-state index in [-0.39, 0.29) is 24.2 Å². The Balaban J connectivity index is 2.19. The van der Waals surface area contributed by atoms with Gasteiger partial charge in [0, 0.05) is 19.8 Å². The zero-order valence-electron chi connectivity index (χ0n) is 14.4. The molecule has 1 aromatic carbocycles. The fourth-order valence-electron chi connectivity index (χ4n) is 2.60. The number of benzene rings is 1. The third-order valence-corrected chi connectivity index (χ3v) is 4.09. The number of nitrogens with one attached hydrogen (secondary N) is 1. The van der Waals surface area contributed by atoms with Gasteiger partial charge in [-0.2, -0.15) is 0 Å². The van der Waals surface area contributed by atoms with Crippen LogP contribution >= 0.6 is 11.6 Å². The van der Waals surface area contributed by atoms with Gasteiger partial charge in [-0.3, -0.25) is 4.79 Å². The summed E-state index contributed by atoms with van der Waals surface area (Å²) in [5.41, 5.74) is 0.324. The molecular formula is C17H24ClNO5. The van der Waals surface area contributed by atoms with Crippen molar-refractivity contribution >= 4 is 17.5 Å². The summed E-state index contributed by atoms with van der Waals surface area (Å²) in [5, 5.41) is 3.22. The molecule has 0 saturated carbocycles. The van der Waals surface area contributed by atoms with Gasteiger partial charge in [0.1, 0.15) is 0 Å². The molecular weight excluding hydrogens is 334 g/mol. The summed E-state index contributed by atoms with van der Waals surface area (Å²) in [7, 11) is 3.15. The Labute approximate surface area is 147 Å². The number of halogens is 1. The van der Waals surface area contributed by atoms with Crippen LogP contribution in [0.15, 0.2) is 12.1 Å². The summed E-state index contributed by atoms with van der Waals surface area (Å²) in [4.78, 5) is 12.6. The summed E-state index contributed by atoms with van der Waals surface area (Å²) in [5.74, 6) is 0.665. The zero-order chi connectivity index (χ0) is 17.7. The summed E-state index contributed by atoms with van der Waals surface area (Å²) < 4.78 is 21.8. The summed E-state index contributed by atoms with van der Waals surface area (Å²) in [6.45, 7) is 4.85. The molecule has 7 heteroatoms. The molecule has 1 aliphatic rings. The van der Waals surface area contributed by atoms with E-state index in [0.29, 0.717) is 35.3 Å². The van der Waals surface area contributed by atoms with Crippen LogP contribution in [0, 0.1) is 0 Å². The van der Waals surface area contributed by atoms with Crippen molar-refractivity contribution in [3.63, 3.8) is 0 Å². The van der Waals surface area contributed by atoms with Crippen LogP contribution in [-0.4, -0.2) is 51.6 Å². The molecule has 6 nitrogen and oxygen atoms in total. The van der Waals surface area contributed by atoms with Gasteiger partial charge in [-0.15, -0.1) is 0 Å². The highest BCUT2D eigenvalue weighted by Gasteiger charge is 2.28. The van der Waals surface area contributed by atoms with E-state index in [2.05, 4.69) is 5.32 Å². The molecule has 0 aromatic heterocycles. The standard InChI is InChI=1S/C17H24ClNO5/c1-10(2)24-16-8-12(18)11(7-15(16)22-4)17(20)19-13-9-23-6-5-14(13)21-3/h7-8,10,13-14H,5-6,9H2,1-4H3,(H,19,20)/t13-,14-/m1/s1. The topological polar surface area (TPSA) is 66.0 Å². The molecule has 1 fully saturated rings. The molecule has 1 N–H and O–H groups in total. The third-order valence-electron chi connectivity index (χ3n) is 3.77. The highest BCUT2D eigenvalue weighted by molar-refractivity contribution is 6.34. The third kappa shape index (κ3) is 4.53. The SMILES string of the molecule is COc1cc(C(=O)N[C@@H]2COCC[C@H]2OC)c(Cl)cc1OC(C)C. The van der Waals surface area contributed by atoms with Gasteiger partial charge in [0.05, 0.1) is 42.6 Å². The van der Waals surface area contributed by atoms with E-state index in [9.17, 15) is 4.79 Å². The Morgan fingerprint density at radius 3 is 2.71 bits per heavy atom. The molecule has 1 aliphatic heterocycles. The molecule has 1 saturated heterocycles. The first-order valence-corrected chi connectivity index (χ1v) is 8.29. The highest BCUT2D eigenvalue weighted by Crippen LogP contribution is 2.34. The van der Waals surface area contributed by atoms with E-state index in [1.54, 1.807) is 19.2 Å². The molecule has 1 heterocycles. The van der Waals surface area contributed by atoms with Crippen molar-refractivity contribution in [3.05, 3.63) is 22.7 Å². The fraction of sp³-hybridized carbons (Fsp3) is 0.588. The van der Waals surface area contributed by atoms with Crippen molar-refractivity contribution in [1.82, 2.24) is 5.32 Å². The number of hydrogen-bond acceptors (Lipinski definition) is 5. The minimum absolute atomic E-state index is 0.0310. The van der Waals surface area contributed by atoms with Crippen molar-refractivity contribution in [1.29, 1.82) is 0 Å². The molecule has 0 unspecified atom stereocenters. The summed E-state index contributed by atoms with van der Waals surface area (Å²) >= 11 is 6.27. The Morgan fingerprint density at radius 2 is 2.08 bits per heavy atom. The largest absolute Gasteiger partial charge is 0.493 e. The van der Waals surface area contributed by atoms with Crippen LogP contribution in [0.25, 0.3) is 0 Å². The van der Waals surface area contributed by atoms with Crippen LogP contribution in [0.4, 0.5) is 0 Å². The number of hydrogen-bond donors (Lipinski definition) is 1. The Bertz CT molecular complexity index is 578. The van der Waals surface area contributed by atoms with Crippen molar-refractivity contribution in [2.75, 3.05) is 27.4 Å². The van der Waals surface area contributed by atoms with Crippen LogP contribution in [0.2, 0.25) is 5.02 Å². The number of ether oxygens (including phenoxy) is 4.